The van der Waals surface area contributed by atoms with E-state index in [1.165, 1.54) is 19.2 Å². The second-order valence-corrected chi connectivity index (χ2v) is 4.34. The second kappa shape index (κ2) is 5.58. The molecule has 3 nitrogen and oxygen atoms in total. The Morgan fingerprint density at radius 1 is 1.31 bits per heavy atom. The number of halogens is 4. The SMILES string of the molecule is COC(=O)c1cc(OC(F)F)c(Br)cc1Br. The zero-order valence-electron chi connectivity index (χ0n) is 7.97. The number of hydrogen-bond donors (Lipinski definition) is 0. The molecule has 0 amide bonds. The van der Waals surface area contributed by atoms with E-state index in [-0.39, 0.29) is 11.3 Å². The van der Waals surface area contributed by atoms with Crippen LogP contribution in [0.15, 0.2) is 21.1 Å². The molecule has 0 saturated heterocycles. The van der Waals surface area contributed by atoms with Crippen LogP contribution in [0.4, 0.5) is 8.78 Å². The Hall–Kier alpha value is -0.690. The number of esters is 1. The van der Waals surface area contributed by atoms with Crippen molar-refractivity contribution in [3.05, 3.63) is 26.6 Å². The summed E-state index contributed by atoms with van der Waals surface area (Å²) >= 11 is 6.16. The molecule has 88 valence electrons. The van der Waals surface area contributed by atoms with Crippen molar-refractivity contribution < 1.29 is 23.0 Å². The van der Waals surface area contributed by atoms with Gasteiger partial charge in [-0.15, -0.1) is 0 Å². The minimum atomic E-state index is -2.96. The second-order valence-electron chi connectivity index (χ2n) is 2.63. The van der Waals surface area contributed by atoms with Crippen molar-refractivity contribution in [2.24, 2.45) is 0 Å². The predicted molar refractivity (Wildman–Crippen MR) is 59.8 cm³/mol. The Morgan fingerprint density at radius 2 is 1.94 bits per heavy atom. The van der Waals surface area contributed by atoms with Crippen LogP contribution in [0.2, 0.25) is 0 Å². The lowest BCUT2D eigenvalue weighted by Crippen LogP contribution is -2.06. The molecule has 0 radical (unpaired) electrons. The summed E-state index contributed by atoms with van der Waals surface area (Å²) in [7, 11) is 1.20. The zero-order valence-corrected chi connectivity index (χ0v) is 11.1. The van der Waals surface area contributed by atoms with Crippen LogP contribution in [0.1, 0.15) is 10.4 Å². The van der Waals surface area contributed by atoms with E-state index in [9.17, 15) is 13.6 Å². The third-order valence-corrected chi connectivity index (χ3v) is 2.92. The summed E-state index contributed by atoms with van der Waals surface area (Å²) < 4.78 is 33.5. The van der Waals surface area contributed by atoms with Crippen molar-refractivity contribution in [1.82, 2.24) is 0 Å². The van der Waals surface area contributed by atoms with E-state index in [0.29, 0.717) is 8.95 Å². The van der Waals surface area contributed by atoms with Gasteiger partial charge in [0.05, 0.1) is 17.1 Å². The fourth-order valence-corrected chi connectivity index (χ4v) is 2.23. The Labute approximate surface area is 107 Å². The maximum Gasteiger partial charge on any atom is 0.387 e. The fraction of sp³-hybridized carbons (Fsp3) is 0.222. The molecule has 16 heavy (non-hydrogen) atoms. The Morgan fingerprint density at radius 3 is 2.44 bits per heavy atom. The van der Waals surface area contributed by atoms with E-state index in [1.807, 2.05) is 0 Å². The molecule has 0 N–H and O–H groups in total. The highest BCUT2D eigenvalue weighted by molar-refractivity contribution is 9.11. The van der Waals surface area contributed by atoms with E-state index in [2.05, 4.69) is 41.3 Å². The van der Waals surface area contributed by atoms with Crippen molar-refractivity contribution in [3.63, 3.8) is 0 Å². The highest BCUT2D eigenvalue weighted by Gasteiger charge is 2.16. The smallest absolute Gasteiger partial charge is 0.387 e. The highest BCUT2D eigenvalue weighted by Crippen LogP contribution is 2.32. The summed E-state index contributed by atoms with van der Waals surface area (Å²) in [5.41, 5.74) is 0.112. The van der Waals surface area contributed by atoms with Crippen LogP contribution >= 0.6 is 31.9 Å². The van der Waals surface area contributed by atoms with Gasteiger partial charge in [0.1, 0.15) is 5.75 Å². The number of benzene rings is 1. The third-order valence-electron chi connectivity index (χ3n) is 1.64. The first kappa shape index (κ1) is 13.4. The summed E-state index contributed by atoms with van der Waals surface area (Å²) in [6.07, 6.45) is 0. The van der Waals surface area contributed by atoms with Gasteiger partial charge in [-0.25, -0.2) is 4.79 Å². The van der Waals surface area contributed by atoms with Gasteiger partial charge < -0.3 is 9.47 Å². The van der Waals surface area contributed by atoms with Gasteiger partial charge >= 0.3 is 12.6 Å². The normalized spacial score (nSPS) is 10.4. The highest BCUT2D eigenvalue weighted by atomic mass is 79.9. The lowest BCUT2D eigenvalue weighted by molar-refractivity contribution is -0.0504. The van der Waals surface area contributed by atoms with Crippen molar-refractivity contribution in [1.29, 1.82) is 0 Å². The molecule has 0 aromatic heterocycles. The van der Waals surface area contributed by atoms with Crippen molar-refractivity contribution in [2.45, 2.75) is 6.61 Å². The molecule has 0 spiro atoms. The largest absolute Gasteiger partial charge is 0.465 e. The summed E-state index contributed by atoms with van der Waals surface area (Å²) in [5.74, 6) is -0.767. The summed E-state index contributed by atoms with van der Waals surface area (Å²) in [4.78, 5) is 11.3. The molecule has 0 unspecified atom stereocenters. The molecule has 0 heterocycles. The number of ether oxygens (including phenoxy) is 2. The quantitative estimate of drug-likeness (QED) is 0.773. The van der Waals surface area contributed by atoms with Gasteiger partial charge in [-0.1, -0.05) is 0 Å². The average Bonchev–Trinajstić information content (AvgIpc) is 2.20. The van der Waals surface area contributed by atoms with Crippen molar-refractivity contribution in [3.8, 4) is 5.75 Å². The van der Waals surface area contributed by atoms with Crippen LogP contribution in [0.3, 0.4) is 0 Å². The number of rotatable bonds is 3. The minimum Gasteiger partial charge on any atom is -0.465 e. The lowest BCUT2D eigenvalue weighted by atomic mass is 10.2. The molecule has 0 bridgehead atoms. The van der Waals surface area contributed by atoms with Crippen molar-refractivity contribution >= 4 is 37.8 Å². The Kier molecular flexibility index (Phi) is 4.67. The number of carbonyl (C=O) groups excluding carboxylic acids is 1. The molecule has 7 heteroatoms. The van der Waals surface area contributed by atoms with Gasteiger partial charge in [0, 0.05) is 4.47 Å². The van der Waals surface area contributed by atoms with Crippen LogP contribution in [-0.4, -0.2) is 19.7 Å². The maximum atomic E-state index is 12.0. The minimum absolute atomic E-state index is 0.112. The predicted octanol–water partition coefficient (Wildman–Crippen LogP) is 3.60. The zero-order chi connectivity index (χ0) is 12.3. The summed E-state index contributed by atoms with van der Waals surface area (Å²) in [5, 5.41) is 0. The topological polar surface area (TPSA) is 35.5 Å². The average molecular weight is 360 g/mol. The van der Waals surface area contributed by atoms with E-state index in [1.54, 1.807) is 0 Å². The van der Waals surface area contributed by atoms with Gasteiger partial charge in [0.2, 0.25) is 0 Å². The maximum absolute atomic E-state index is 12.0. The molecule has 0 aliphatic heterocycles. The van der Waals surface area contributed by atoms with Gasteiger partial charge in [-0.2, -0.15) is 8.78 Å². The molecular formula is C9H6Br2F2O3. The van der Waals surface area contributed by atoms with Crippen LogP contribution in [-0.2, 0) is 4.74 Å². The number of alkyl halides is 2. The van der Waals surface area contributed by atoms with Gasteiger partial charge in [-0.05, 0) is 44.0 Å². The van der Waals surface area contributed by atoms with E-state index in [4.69, 9.17) is 0 Å². The van der Waals surface area contributed by atoms with Gasteiger partial charge in [-0.3, -0.25) is 0 Å². The lowest BCUT2D eigenvalue weighted by Gasteiger charge is -2.09. The summed E-state index contributed by atoms with van der Waals surface area (Å²) in [6, 6.07) is 2.61. The Bertz CT molecular complexity index is 410. The fourth-order valence-electron chi connectivity index (χ4n) is 0.982. The van der Waals surface area contributed by atoms with E-state index < -0.39 is 12.6 Å². The monoisotopic (exact) mass is 358 g/mol. The summed E-state index contributed by atoms with van der Waals surface area (Å²) in [6.45, 7) is -2.96. The molecule has 0 aliphatic carbocycles. The molecule has 0 saturated carbocycles. The van der Waals surface area contributed by atoms with Crippen LogP contribution in [0, 0.1) is 0 Å². The first-order valence-corrected chi connectivity index (χ1v) is 5.56. The first-order valence-electron chi connectivity index (χ1n) is 3.98. The number of carbonyl (C=O) groups is 1. The third kappa shape index (κ3) is 3.15. The molecule has 1 rings (SSSR count). The van der Waals surface area contributed by atoms with Crippen LogP contribution < -0.4 is 4.74 Å². The van der Waals surface area contributed by atoms with E-state index in [0.717, 1.165) is 0 Å². The molecule has 0 fully saturated rings. The number of hydrogen-bond acceptors (Lipinski definition) is 3. The number of methoxy groups -OCH3 is 1. The molecule has 0 atom stereocenters. The van der Waals surface area contributed by atoms with Gasteiger partial charge in [0.15, 0.2) is 0 Å². The molecule has 0 aliphatic rings. The standard InChI is InChI=1S/C9H6Br2F2O3/c1-15-8(14)4-2-7(16-9(12)13)6(11)3-5(4)10/h2-3,9H,1H3. The van der Waals surface area contributed by atoms with Crippen LogP contribution in [0.5, 0.6) is 5.75 Å². The van der Waals surface area contributed by atoms with Gasteiger partial charge in [0.25, 0.3) is 0 Å². The first-order chi connectivity index (χ1) is 7.45. The van der Waals surface area contributed by atoms with Crippen molar-refractivity contribution in [2.75, 3.05) is 7.11 Å². The Balaban J connectivity index is 3.16. The molecule has 1 aromatic rings. The molecular weight excluding hydrogens is 354 g/mol. The van der Waals surface area contributed by atoms with E-state index >= 15 is 0 Å². The van der Waals surface area contributed by atoms with Crippen LogP contribution in [0.25, 0.3) is 0 Å². The molecule has 1 aromatic carbocycles.